The Balaban J connectivity index is 2.53. The van der Waals surface area contributed by atoms with Crippen LogP contribution in [0.5, 0.6) is 0 Å². The van der Waals surface area contributed by atoms with E-state index < -0.39 is 9.84 Å². The maximum Gasteiger partial charge on any atom is 0.222 e. The molecular weight excluding hydrogens is 252 g/mol. The molecule has 0 aromatic heterocycles. The summed E-state index contributed by atoms with van der Waals surface area (Å²) in [7, 11) is -2.93. The fraction of sp³-hybridized carbons (Fsp3) is 0.917. The van der Waals surface area contributed by atoms with E-state index in [4.69, 9.17) is 5.73 Å². The van der Waals surface area contributed by atoms with Crippen LogP contribution in [0.3, 0.4) is 0 Å². The highest BCUT2D eigenvalue weighted by Gasteiger charge is 2.33. The van der Waals surface area contributed by atoms with Gasteiger partial charge in [-0.2, -0.15) is 0 Å². The molecule has 0 aliphatic carbocycles. The van der Waals surface area contributed by atoms with E-state index in [1.165, 1.54) is 0 Å². The second-order valence-corrected chi connectivity index (χ2v) is 7.34. The number of rotatable bonds is 6. The summed E-state index contributed by atoms with van der Waals surface area (Å²) in [5, 5.41) is 0. The standard InChI is InChI=1S/C12H24N2O3S/c1-3-14(11-6-7-18(16,17)9-11)12(15)5-4-10(2)8-13/h10-11H,3-9,13H2,1-2H3. The van der Waals surface area contributed by atoms with Gasteiger partial charge in [-0.25, -0.2) is 8.42 Å². The van der Waals surface area contributed by atoms with Crippen molar-refractivity contribution in [2.45, 2.75) is 39.2 Å². The van der Waals surface area contributed by atoms with Crippen molar-refractivity contribution >= 4 is 15.7 Å². The monoisotopic (exact) mass is 276 g/mol. The second kappa shape index (κ2) is 6.52. The van der Waals surface area contributed by atoms with Crippen LogP contribution < -0.4 is 5.73 Å². The zero-order chi connectivity index (χ0) is 13.8. The van der Waals surface area contributed by atoms with Gasteiger partial charge < -0.3 is 10.6 Å². The number of nitrogens with zero attached hydrogens (tertiary/aromatic N) is 1. The van der Waals surface area contributed by atoms with Gasteiger partial charge in [0.1, 0.15) is 0 Å². The maximum absolute atomic E-state index is 12.1. The lowest BCUT2D eigenvalue weighted by Crippen LogP contribution is -2.41. The summed E-state index contributed by atoms with van der Waals surface area (Å²) in [5.41, 5.74) is 5.52. The summed E-state index contributed by atoms with van der Waals surface area (Å²) in [6, 6.07) is -0.124. The van der Waals surface area contributed by atoms with E-state index in [0.29, 0.717) is 31.8 Å². The second-order valence-electron chi connectivity index (χ2n) is 5.12. The van der Waals surface area contributed by atoms with Crippen molar-refractivity contribution in [2.24, 2.45) is 11.7 Å². The number of nitrogens with two attached hydrogens (primary N) is 1. The summed E-state index contributed by atoms with van der Waals surface area (Å²) < 4.78 is 22.9. The van der Waals surface area contributed by atoms with Crippen LogP contribution in [0.4, 0.5) is 0 Å². The molecule has 1 heterocycles. The van der Waals surface area contributed by atoms with E-state index in [-0.39, 0.29) is 23.5 Å². The zero-order valence-electron chi connectivity index (χ0n) is 11.3. The van der Waals surface area contributed by atoms with Gasteiger partial charge in [-0.15, -0.1) is 0 Å². The summed E-state index contributed by atoms with van der Waals surface area (Å²) in [6.07, 6.45) is 1.81. The molecule has 2 N–H and O–H groups in total. The van der Waals surface area contributed by atoms with Crippen LogP contribution in [0.2, 0.25) is 0 Å². The van der Waals surface area contributed by atoms with Gasteiger partial charge in [0, 0.05) is 19.0 Å². The summed E-state index contributed by atoms with van der Waals surface area (Å²) in [6.45, 7) is 5.08. The van der Waals surface area contributed by atoms with E-state index in [2.05, 4.69) is 0 Å². The Morgan fingerprint density at radius 3 is 2.61 bits per heavy atom. The normalized spacial score (nSPS) is 23.8. The van der Waals surface area contributed by atoms with Crippen molar-refractivity contribution in [3.63, 3.8) is 0 Å². The number of carbonyl (C=O) groups is 1. The molecule has 0 saturated carbocycles. The first-order valence-corrected chi connectivity index (χ1v) is 8.41. The van der Waals surface area contributed by atoms with Gasteiger partial charge in [-0.3, -0.25) is 4.79 Å². The van der Waals surface area contributed by atoms with Crippen LogP contribution >= 0.6 is 0 Å². The lowest BCUT2D eigenvalue weighted by atomic mass is 10.0. The molecule has 0 radical (unpaired) electrons. The number of sulfone groups is 1. The van der Waals surface area contributed by atoms with Crippen LogP contribution in [-0.2, 0) is 14.6 Å². The van der Waals surface area contributed by atoms with Crippen molar-refractivity contribution in [1.82, 2.24) is 4.90 Å². The molecule has 2 unspecified atom stereocenters. The molecule has 1 rings (SSSR count). The molecule has 1 aliphatic rings. The minimum absolute atomic E-state index is 0.0555. The molecule has 5 nitrogen and oxygen atoms in total. The number of hydrogen-bond donors (Lipinski definition) is 1. The van der Waals surface area contributed by atoms with Gasteiger partial charge in [0.25, 0.3) is 0 Å². The third-order valence-corrected chi connectivity index (χ3v) is 5.31. The Kier molecular flexibility index (Phi) is 5.59. The maximum atomic E-state index is 12.1. The van der Waals surface area contributed by atoms with Crippen LogP contribution in [-0.4, -0.2) is 49.9 Å². The van der Waals surface area contributed by atoms with Crippen LogP contribution in [0.1, 0.15) is 33.1 Å². The molecular formula is C12H24N2O3S. The third kappa shape index (κ3) is 4.24. The SMILES string of the molecule is CCN(C(=O)CCC(C)CN)C1CCS(=O)(=O)C1. The van der Waals surface area contributed by atoms with Crippen molar-refractivity contribution in [2.75, 3.05) is 24.6 Å². The molecule has 0 aromatic rings. The largest absolute Gasteiger partial charge is 0.339 e. The molecule has 0 bridgehead atoms. The topological polar surface area (TPSA) is 80.5 Å². The third-order valence-electron chi connectivity index (χ3n) is 3.56. The van der Waals surface area contributed by atoms with Gasteiger partial charge in [0.05, 0.1) is 11.5 Å². The van der Waals surface area contributed by atoms with Gasteiger partial charge in [-0.05, 0) is 32.2 Å². The Hall–Kier alpha value is -0.620. The van der Waals surface area contributed by atoms with E-state index in [1.54, 1.807) is 4.90 Å². The predicted octanol–water partition coefficient (Wildman–Crippen LogP) is 0.397. The lowest BCUT2D eigenvalue weighted by Gasteiger charge is -2.27. The quantitative estimate of drug-likeness (QED) is 0.761. The summed E-state index contributed by atoms with van der Waals surface area (Å²) in [4.78, 5) is 13.8. The Morgan fingerprint density at radius 2 is 2.17 bits per heavy atom. The van der Waals surface area contributed by atoms with Gasteiger partial charge in [0.15, 0.2) is 9.84 Å². The fourth-order valence-corrected chi connectivity index (χ4v) is 4.02. The van der Waals surface area contributed by atoms with Crippen molar-refractivity contribution in [3.8, 4) is 0 Å². The van der Waals surface area contributed by atoms with Crippen LogP contribution in [0.25, 0.3) is 0 Å². The molecule has 1 fully saturated rings. The van der Waals surface area contributed by atoms with Gasteiger partial charge >= 0.3 is 0 Å². The molecule has 106 valence electrons. The minimum Gasteiger partial charge on any atom is -0.339 e. The van der Waals surface area contributed by atoms with E-state index in [1.807, 2.05) is 13.8 Å². The molecule has 6 heteroatoms. The van der Waals surface area contributed by atoms with Gasteiger partial charge in [0.2, 0.25) is 5.91 Å². The summed E-state index contributed by atoms with van der Waals surface area (Å²) in [5.74, 6) is 0.722. The van der Waals surface area contributed by atoms with Crippen molar-refractivity contribution < 1.29 is 13.2 Å². The Labute approximate surface area is 110 Å². The van der Waals surface area contributed by atoms with Crippen molar-refractivity contribution in [1.29, 1.82) is 0 Å². The average Bonchev–Trinajstić information content (AvgIpc) is 2.67. The van der Waals surface area contributed by atoms with Gasteiger partial charge in [-0.1, -0.05) is 6.92 Å². The van der Waals surface area contributed by atoms with Crippen molar-refractivity contribution in [3.05, 3.63) is 0 Å². The molecule has 0 spiro atoms. The highest BCUT2D eigenvalue weighted by Crippen LogP contribution is 2.19. The van der Waals surface area contributed by atoms with E-state index in [9.17, 15) is 13.2 Å². The number of hydrogen-bond acceptors (Lipinski definition) is 4. The minimum atomic E-state index is -2.93. The molecule has 1 aliphatic heterocycles. The summed E-state index contributed by atoms with van der Waals surface area (Å²) >= 11 is 0. The van der Waals surface area contributed by atoms with Crippen LogP contribution in [0.15, 0.2) is 0 Å². The van der Waals surface area contributed by atoms with Crippen LogP contribution in [0, 0.1) is 5.92 Å². The molecule has 2 atom stereocenters. The predicted molar refractivity (Wildman–Crippen MR) is 71.9 cm³/mol. The molecule has 1 saturated heterocycles. The highest BCUT2D eigenvalue weighted by atomic mass is 32.2. The number of carbonyl (C=O) groups excluding carboxylic acids is 1. The zero-order valence-corrected chi connectivity index (χ0v) is 12.1. The fourth-order valence-electron chi connectivity index (χ4n) is 2.29. The smallest absolute Gasteiger partial charge is 0.222 e. The average molecular weight is 276 g/mol. The lowest BCUT2D eigenvalue weighted by molar-refractivity contribution is -0.133. The Morgan fingerprint density at radius 1 is 1.50 bits per heavy atom. The first-order valence-electron chi connectivity index (χ1n) is 6.59. The first-order chi connectivity index (χ1) is 8.39. The highest BCUT2D eigenvalue weighted by molar-refractivity contribution is 7.91. The van der Waals surface area contributed by atoms with E-state index in [0.717, 1.165) is 6.42 Å². The first kappa shape index (κ1) is 15.4. The van der Waals surface area contributed by atoms with E-state index >= 15 is 0 Å². The number of amides is 1. The molecule has 0 aromatic carbocycles. The molecule has 18 heavy (non-hydrogen) atoms. The molecule has 1 amide bonds. The Bertz CT molecular complexity index is 381.